The average molecular weight is 1980 g/mol. The van der Waals surface area contributed by atoms with Crippen LogP contribution in [0.15, 0.2) is 339 Å². The number of alkyl halides is 11. The summed E-state index contributed by atoms with van der Waals surface area (Å²) >= 11 is 69.5. The van der Waals surface area contributed by atoms with Crippen LogP contribution in [0.25, 0.3) is 28.0 Å². The smallest absolute Gasteiger partial charge is 0.308 e. The number of fused-ring (bicyclic) bond motifs is 3. The first-order valence-corrected chi connectivity index (χ1v) is 47.9. The van der Waals surface area contributed by atoms with Crippen molar-refractivity contribution in [1.82, 2.24) is 0 Å². The van der Waals surface area contributed by atoms with E-state index >= 15 is 0 Å². The number of aliphatic hydroxyl groups is 1. The summed E-state index contributed by atoms with van der Waals surface area (Å²) in [6.07, 6.45) is 4.82. The van der Waals surface area contributed by atoms with Gasteiger partial charge < -0.3 is 38.3 Å². The highest BCUT2D eigenvalue weighted by atomic mass is 35.5. The van der Waals surface area contributed by atoms with Crippen molar-refractivity contribution in [3.8, 4) is 51.4 Å². The molecule has 0 saturated carbocycles. The molecule has 14 aromatic carbocycles. The van der Waals surface area contributed by atoms with Crippen LogP contribution in [0.1, 0.15) is 96.8 Å². The molecule has 0 atom stereocenters. The Kier molecular flexibility index (Phi) is 54.6. The Balaban J connectivity index is 0.000000218. The van der Waals surface area contributed by atoms with Gasteiger partial charge in [0.2, 0.25) is 6.79 Å². The number of benzene rings is 14. The van der Waals surface area contributed by atoms with Gasteiger partial charge in [-0.3, -0.25) is 4.79 Å². The summed E-state index contributed by atoms with van der Waals surface area (Å²) in [6, 6.07) is 107. The van der Waals surface area contributed by atoms with Crippen LogP contribution in [-0.4, -0.2) is 44.4 Å². The van der Waals surface area contributed by atoms with E-state index in [0.717, 1.165) is 120 Å². The van der Waals surface area contributed by atoms with E-state index in [1.807, 2.05) is 224 Å². The number of carbonyl (C=O) groups is 1. The molecule has 0 radical (unpaired) electrons. The van der Waals surface area contributed by atoms with Crippen LogP contribution >= 0.6 is 151 Å². The van der Waals surface area contributed by atoms with Crippen molar-refractivity contribution in [2.24, 2.45) is 0 Å². The van der Waals surface area contributed by atoms with Gasteiger partial charge in [-0.2, -0.15) is 0 Å². The van der Waals surface area contributed by atoms with Crippen molar-refractivity contribution in [3.63, 3.8) is 0 Å². The number of aliphatic hydroxyl groups excluding tert-OH is 1. The molecule has 2 aliphatic rings. The summed E-state index contributed by atoms with van der Waals surface area (Å²) in [5, 5.41) is 12.0. The van der Waals surface area contributed by atoms with E-state index in [4.69, 9.17) is 177 Å². The zero-order chi connectivity index (χ0) is 92.3. The van der Waals surface area contributed by atoms with Crippen molar-refractivity contribution < 1.29 is 43.1 Å². The molecule has 22 heteroatoms. The molecule has 2 heterocycles. The van der Waals surface area contributed by atoms with Crippen LogP contribution in [0.2, 0.25) is 5.02 Å². The van der Waals surface area contributed by atoms with E-state index in [0.29, 0.717) is 83.8 Å². The minimum absolute atomic E-state index is 0.0998. The predicted octanol–water partition coefficient (Wildman–Crippen LogP) is 32.7. The first kappa shape index (κ1) is 108. The molecule has 14 aromatic rings. The zero-order valence-electron chi connectivity index (χ0n) is 71.6. The van der Waals surface area contributed by atoms with Crippen molar-refractivity contribution in [3.05, 3.63) is 423 Å². The molecule has 0 aromatic heterocycles. The average Bonchev–Trinajstić information content (AvgIpc) is 1.02. The third-order valence-corrected chi connectivity index (χ3v) is 22.6. The van der Waals surface area contributed by atoms with E-state index < -0.39 is 0 Å². The molecule has 1 N–H and O–H groups in total. The summed E-state index contributed by atoms with van der Waals surface area (Å²) in [5.41, 5.74) is 19.2. The fourth-order valence-corrected chi connectivity index (χ4v) is 13.7. The SMILES string of the molecule is C=Cc1ccc(CCl)cc1.CC(=O)Oc1ccc(CCl)cc1.COc1ccc(CCl)cc1.CSc1ccc(CCl)cc1.Cc1ccc2ccccc2c1CCl.ClCc1ccc(-c2ccccc2)cc1.ClCc1ccc(Cl)cc1.ClCc1ccc(OCc2ccccc2)cc1.ClCc1ccc2c(c1)OCCCO2.ClCc1ccc2c(c1)OCO2.OCc1ccc(CCl)cc1. The number of esters is 1. The Morgan fingerprint density at radius 1 is 0.391 bits per heavy atom. The molecular formula is C106H104Cl12O9S. The number of rotatable bonds is 20. The van der Waals surface area contributed by atoms with Gasteiger partial charge in [-0.1, -0.05) is 267 Å². The molecule has 16 rings (SSSR count). The summed E-state index contributed by atoms with van der Waals surface area (Å²) in [4.78, 5) is 11.8. The monoisotopic (exact) mass is 1970 g/mol. The highest BCUT2D eigenvalue weighted by molar-refractivity contribution is 7.98. The third kappa shape index (κ3) is 41.9. The second-order valence-corrected chi connectivity index (χ2v) is 31.8. The quantitative estimate of drug-likeness (QED) is 0.0344. The van der Waals surface area contributed by atoms with Gasteiger partial charge in [-0.15, -0.1) is 139 Å². The predicted molar refractivity (Wildman–Crippen MR) is 547 cm³/mol. The lowest BCUT2D eigenvalue weighted by atomic mass is 10.0. The Hall–Kier alpha value is -8.86. The lowest BCUT2D eigenvalue weighted by Gasteiger charge is -2.07. The highest BCUT2D eigenvalue weighted by Gasteiger charge is 2.14. The molecule has 0 unspecified atom stereocenters. The number of hydrogen-bond donors (Lipinski definition) is 1. The van der Waals surface area contributed by atoms with Crippen LogP contribution < -0.4 is 33.2 Å². The molecule has 2 aliphatic heterocycles. The molecule has 672 valence electrons. The second-order valence-electron chi connectivity index (χ2n) is 27.5. The van der Waals surface area contributed by atoms with Crippen LogP contribution in [0, 0.1) is 6.92 Å². The zero-order valence-corrected chi connectivity index (χ0v) is 81.5. The summed E-state index contributed by atoms with van der Waals surface area (Å²) in [6.45, 7) is 9.59. The topological polar surface area (TPSA) is 102 Å². The lowest BCUT2D eigenvalue weighted by molar-refractivity contribution is -0.131. The van der Waals surface area contributed by atoms with Crippen LogP contribution in [0.5, 0.6) is 40.2 Å². The van der Waals surface area contributed by atoms with Crippen molar-refractivity contribution >= 4 is 174 Å². The number of hydrogen-bond acceptors (Lipinski definition) is 10. The normalized spacial score (nSPS) is 10.7. The van der Waals surface area contributed by atoms with Gasteiger partial charge in [0.25, 0.3) is 0 Å². The fraction of sp³-hybridized carbons (Fsp3) is 0.198. The summed E-state index contributed by atoms with van der Waals surface area (Å²) < 4.78 is 36.7. The van der Waals surface area contributed by atoms with Gasteiger partial charge >= 0.3 is 5.97 Å². The molecule has 128 heavy (non-hydrogen) atoms. The van der Waals surface area contributed by atoms with Crippen molar-refractivity contribution in [1.29, 1.82) is 0 Å². The Bertz CT molecular complexity index is 5180. The number of halogens is 12. The molecule has 0 bridgehead atoms. The van der Waals surface area contributed by atoms with Gasteiger partial charge in [0, 0.05) is 87.9 Å². The van der Waals surface area contributed by atoms with E-state index in [1.165, 1.54) is 56.0 Å². The maximum absolute atomic E-state index is 10.5. The van der Waals surface area contributed by atoms with Crippen LogP contribution in [0.3, 0.4) is 0 Å². The molecule has 0 saturated heterocycles. The number of aryl methyl sites for hydroxylation is 1. The number of carbonyl (C=O) groups excluding carboxylic acids is 1. The standard InChI is InChI=1S/C14H13ClO.C13H11Cl.C12H11Cl.C10H11ClO2.C9H9ClO2.C9H9Cl.C8H7ClO2.2C8H9ClO.C8H9ClS.C7H6Cl2/c15-10-12-6-8-14(9-7-12)16-11-13-4-2-1-3-5-13;14-10-11-6-8-13(9-7-11)12-4-2-1-3-5-12;1-9-6-7-10-4-2-3-5-11(10)12(9)8-13;11-7-8-2-3-9-10(6-8)13-5-1-4-12-9;1-7(11)12-9-4-2-8(6-10)3-5-9;1-2-8-3-5-9(7-10)6-4-8;9-4-6-1-2-7-8(3-6)11-5-10-7;1-10-8-4-2-7(6-9)3-5-8;9-5-7-1-3-8(6-10)4-2-7;1-10-8-4-2-7(6-9)3-5-8;8-5-6-1-3-7(9)4-2-6/h1-9H,10-11H2;1-9H,10H2;2-7H,8H2,1H3;2-3,6H,1,4-5,7H2;2-5H,6H2,1H3;2-6H,1,7H2;1-3H,4-5H2;2-5H,6H2,1H3;1-4,10H,5-6H2;2-5H,6H2,1H3;1-4H,5H2. The Morgan fingerprint density at radius 2 is 0.766 bits per heavy atom. The van der Waals surface area contributed by atoms with Gasteiger partial charge in [0.15, 0.2) is 23.0 Å². The highest BCUT2D eigenvalue weighted by Crippen LogP contribution is 2.34. The van der Waals surface area contributed by atoms with Crippen LogP contribution in [0.4, 0.5) is 0 Å². The molecule has 9 nitrogen and oxygen atoms in total. The minimum Gasteiger partial charge on any atom is -0.497 e. The largest absolute Gasteiger partial charge is 0.497 e. The van der Waals surface area contributed by atoms with E-state index in [2.05, 4.69) is 117 Å². The first-order valence-electron chi connectivity index (χ1n) is 40.4. The van der Waals surface area contributed by atoms with Gasteiger partial charge in [-0.25, -0.2) is 0 Å². The Morgan fingerprint density at radius 3 is 1.22 bits per heavy atom. The van der Waals surface area contributed by atoms with Crippen molar-refractivity contribution in [2.75, 3.05) is 33.4 Å². The van der Waals surface area contributed by atoms with E-state index in [9.17, 15) is 4.79 Å². The van der Waals surface area contributed by atoms with Gasteiger partial charge in [-0.05, 0) is 203 Å². The second kappa shape index (κ2) is 64.8. The minimum atomic E-state index is -0.311. The molecular weight excluding hydrogens is 1870 g/mol. The number of ether oxygens (including phenoxy) is 7. The molecule has 0 amide bonds. The first-order chi connectivity index (χ1) is 62.4. The summed E-state index contributed by atoms with van der Waals surface area (Å²) in [7, 11) is 1.65. The van der Waals surface area contributed by atoms with Crippen molar-refractivity contribution in [2.45, 2.75) is 103 Å². The fourth-order valence-electron chi connectivity index (χ4n) is 11.1. The molecule has 0 aliphatic carbocycles. The lowest BCUT2D eigenvalue weighted by Crippen LogP contribution is -2.00. The number of thioether (sulfide) groups is 1. The van der Waals surface area contributed by atoms with E-state index in [-0.39, 0.29) is 12.6 Å². The van der Waals surface area contributed by atoms with Crippen LogP contribution in [-0.2, 0) is 82.7 Å². The van der Waals surface area contributed by atoms with Gasteiger partial charge in [0.1, 0.15) is 23.9 Å². The van der Waals surface area contributed by atoms with E-state index in [1.54, 1.807) is 31.0 Å². The summed E-state index contributed by atoms with van der Waals surface area (Å²) in [5.74, 6) is 11.3. The molecule has 0 spiro atoms. The third-order valence-electron chi connectivity index (χ3n) is 18.3. The Labute approximate surface area is 819 Å². The van der Waals surface area contributed by atoms with Gasteiger partial charge in [0.05, 0.1) is 26.9 Å². The number of methoxy groups -OCH3 is 1. The maximum Gasteiger partial charge on any atom is 0.308 e. The molecule has 0 fully saturated rings. The maximum atomic E-state index is 10.5.